The van der Waals surface area contributed by atoms with Gasteiger partial charge in [-0.2, -0.15) is 0 Å². The van der Waals surface area contributed by atoms with Crippen LogP contribution in [0.4, 0.5) is 4.39 Å². The van der Waals surface area contributed by atoms with Crippen LogP contribution in [0.3, 0.4) is 0 Å². The van der Waals surface area contributed by atoms with Gasteiger partial charge in [0.1, 0.15) is 11.6 Å². The predicted molar refractivity (Wildman–Crippen MR) is 63.0 cm³/mol. The first kappa shape index (κ1) is 10.7. The molecule has 0 atom stereocenters. The minimum atomic E-state index is -0.301. The molecule has 0 amide bonds. The van der Waals surface area contributed by atoms with Crippen LogP contribution in [-0.4, -0.2) is 5.11 Å². The molecule has 0 heterocycles. The Labute approximate surface area is 94.2 Å². The van der Waals surface area contributed by atoms with E-state index in [-0.39, 0.29) is 11.6 Å². The molecule has 16 heavy (non-hydrogen) atoms. The standard InChI is InChI=1S/C14H13FO/c1-9-6-7-11(12(15)8-9)14-10(2)4-3-5-13(14)16/h3-8,16H,1-2H3. The van der Waals surface area contributed by atoms with Gasteiger partial charge in [0.05, 0.1) is 0 Å². The zero-order valence-electron chi connectivity index (χ0n) is 9.29. The molecule has 2 aromatic carbocycles. The predicted octanol–water partition coefficient (Wildman–Crippen LogP) is 3.82. The normalized spacial score (nSPS) is 10.4. The highest BCUT2D eigenvalue weighted by Crippen LogP contribution is 2.33. The van der Waals surface area contributed by atoms with E-state index >= 15 is 0 Å². The average molecular weight is 216 g/mol. The van der Waals surface area contributed by atoms with E-state index in [2.05, 4.69) is 0 Å². The Bertz CT molecular complexity index is 512. The van der Waals surface area contributed by atoms with E-state index in [1.165, 1.54) is 6.07 Å². The van der Waals surface area contributed by atoms with Gasteiger partial charge in [-0.1, -0.05) is 24.3 Å². The fourth-order valence-corrected chi connectivity index (χ4v) is 1.83. The molecule has 1 nitrogen and oxygen atoms in total. The van der Waals surface area contributed by atoms with Crippen LogP contribution < -0.4 is 0 Å². The first-order valence-electron chi connectivity index (χ1n) is 5.14. The molecule has 0 aliphatic rings. The van der Waals surface area contributed by atoms with Crippen molar-refractivity contribution in [3.8, 4) is 16.9 Å². The van der Waals surface area contributed by atoms with Crippen LogP contribution >= 0.6 is 0 Å². The highest BCUT2D eigenvalue weighted by Gasteiger charge is 2.11. The molecule has 0 saturated heterocycles. The largest absolute Gasteiger partial charge is 0.507 e. The summed E-state index contributed by atoms with van der Waals surface area (Å²) in [6, 6.07) is 10.2. The molecule has 82 valence electrons. The molecule has 0 aliphatic carbocycles. The molecule has 2 heteroatoms. The van der Waals surface area contributed by atoms with Gasteiger partial charge in [-0.3, -0.25) is 0 Å². The van der Waals surface area contributed by atoms with Crippen molar-refractivity contribution in [3.05, 3.63) is 53.3 Å². The molecule has 0 bridgehead atoms. The summed E-state index contributed by atoms with van der Waals surface area (Å²) in [5.74, 6) is -0.188. The Morgan fingerprint density at radius 3 is 2.44 bits per heavy atom. The molecule has 0 spiro atoms. The number of phenolic OH excluding ortho intramolecular Hbond substituents is 1. The maximum atomic E-state index is 13.8. The average Bonchev–Trinajstić information content (AvgIpc) is 2.20. The maximum absolute atomic E-state index is 13.8. The van der Waals surface area contributed by atoms with Crippen LogP contribution in [0, 0.1) is 19.7 Å². The first-order chi connectivity index (χ1) is 7.59. The van der Waals surface area contributed by atoms with Gasteiger partial charge in [0.25, 0.3) is 0 Å². The van der Waals surface area contributed by atoms with E-state index in [0.717, 1.165) is 11.1 Å². The van der Waals surface area contributed by atoms with Crippen LogP contribution in [0.2, 0.25) is 0 Å². The Morgan fingerprint density at radius 2 is 1.81 bits per heavy atom. The number of rotatable bonds is 1. The number of phenols is 1. The fraction of sp³-hybridized carbons (Fsp3) is 0.143. The van der Waals surface area contributed by atoms with Gasteiger partial charge >= 0.3 is 0 Å². The van der Waals surface area contributed by atoms with Gasteiger partial charge < -0.3 is 5.11 Å². The highest BCUT2D eigenvalue weighted by molar-refractivity contribution is 5.74. The Kier molecular flexibility index (Phi) is 2.65. The van der Waals surface area contributed by atoms with Crippen LogP contribution in [0.25, 0.3) is 11.1 Å². The van der Waals surface area contributed by atoms with Gasteiger partial charge in [-0.25, -0.2) is 4.39 Å². The zero-order valence-corrected chi connectivity index (χ0v) is 9.29. The second-order valence-corrected chi connectivity index (χ2v) is 3.95. The van der Waals surface area contributed by atoms with Gasteiger partial charge in [0, 0.05) is 11.1 Å². The SMILES string of the molecule is Cc1ccc(-c2c(C)cccc2O)c(F)c1. The minimum Gasteiger partial charge on any atom is -0.507 e. The summed E-state index contributed by atoms with van der Waals surface area (Å²) in [5, 5.41) is 9.77. The van der Waals surface area contributed by atoms with E-state index < -0.39 is 0 Å². The van der Waals surface area contributed by atoms with Gasteiger partial charge in [-0.15, -0.1) is 0 Å². The summed E-state index contributed by atoms with van der Waals surface area (Å²) in [6.07, 6.45) is 0. The zero-order chi connectivity index (χ0) is 11.7. The summed E-state index contributed by atoms with van der Waals surface area (Å²) in [5.41, 5.74) is 2.75. The summed E-state index contributed by atoms with van der Waals surface area (Å²) in [4.78, 5) is 0. The molecule has 0 unspecified atom stereocenters. The summed E-state index contributed by atoms with van der Waals surface area (Å²) >= 11 is 0. The Morgan fingerprint density at radius 1 is 1.06 bits per heavy atom. The topological polar surface area (TPSA) is 20.2 Å². The second kappa shape index (κ2) is 3.97. The van der Waals surface area contributed by atoms with Crippen molar-refractivity contribution >= 4 is 0 Å². The molecule has 2 aromatic rings. The third-order valence-corrected chi connectivity index (χ3v) is 2.64. The van der Waals surface area contributed by atoms with Crippen molar-refractivity contribution in [2.45, 2.75) is 13.8 Å². The van der Waals surface area contributed by atoms with E-state index in [1.54, 1.807) is 18.2 Å². The van der Waals surface area contributed by atoms with Crippen LogP contribution in [0.5, 0.6) is 5.75 Å². The molecule has 0 fully saturated rings. The quantitative estimate of drug-likeness (QED) is 0.768. The van der Waals surface area contributed by atoms with Crippen molar-refractivity contribution in [2.75, 3.05) is 0 Å². The lowest BCUT2D eigenvalue weighted by Gasteiger charge is -2.09. The number of aryl methyl sites for hydroxylation is 2. The summed E-state index contributed by atoms with van der Waals surface area (Å²) < 4.78 is 13.8. The number of halogens is 1. The summed E-state index contributed by atoms with van der Waals surface area (Å²) in [7, 11) is 0. The van der Waals surface area contributed by atoms with Crippen molar-refractivity contribution in [1.29, 1.82) is 0 Å². The van der Waals surface area contributed by atoms with Crippen molar-refractivity contribution in [2.24, 2.45) is 0 Å². The van der Waals surface area contributed by atoms with Crippen LogP contribution in [0.15, 0.2) is 36.4 Å². The number of benzene rings is 2. The van der Waals surface area contributed by atoms with Gasteiger partial charge in [0.2, 0.25) is 0 Å². The lowest BCUT2D eigenvalue weighted by molar-refractivity contribution is 0.476. The van der Waals surface area contributed by atoms with Crippen molar-refractivity contribution < 1.29 is 9.50 Å². The molecular weight excluding hydrogens is 203 g/mol. The second-order valence-electron chi connectivity index (χ2n) is 3.95. The summed E-state index contributed by atoms with van der Waals surface area (Å²) in [6.45, 7) is 3.69. The monoisotopic (exact) mass is 216 g/mol. The van der Waals surface area contributed by atoms with Crippen molar-refractivity contribution in [3.63, 3.8) is 0 Å². The third kappa shape index (κ3) is 1.78. The fourth-order valence-electron chi connectivity index (χ4n) is 1.83. The van der Waals surface area contributed by atoms with Crippen LogP contribution in [0.1, 0.15) is 11.1 Å². The molecule has 0 aromatic heterocycles. The van der Waals surface area contributed by atoms with E-state index in [1.807, 2.05) is 26.0 Å². The molecule has 0 radical (unpaired) electrons. The van der Waals surface area contributed by atoms with Gasteiger partial charge in [0.15, 0.2) is 0 Å². The third-order valence-electron chi connectivity index (χ3n) is 2.64. The molecule has 1 N–H and O–H groups in total. The van der Waals surface area contributed by atoms with Crippen LogP contribution in [-0.2, 0) is 0 Å². The molecular formula is C14H13FO. The van der Waals surface area contributed by atoms with E-state index in [9.17, 15) is 9.50 Å². The lowest BCUT2D eigenvalue weighted by atomic mass is 9.98. The van der Waals surface area contributed by atoms with Crippen molar-refractivity contribution in [1.82, 2.24) is 0 Å². The lowest BCUT2D eigenvalue weighted by Crippen LogP contribution is -1.89. The molecule has 0 aliphatic heterocycles. The Hall–Kier alpha value is -1.83. The highest BCUT2D eigenvalue weighted by atomic mass is 19.1. The Balaban J connectivity index is 2.68. The smallest absolute Gasteiger partial charge is 0.131 e. The maximum Gasteiger partial charge on any atom is 0.131 e. The van der Waals surface area contributed by atoms with Gasteiger partial charge in [-0.05, 0) is 37.1 Å². The number of hydrogen-bond donors (Lipinski definition) is 1. The van der Waals surface area contributed by atoms with E-state index in [4.69, 9.17) is 0 Å². The molecule has 2 rings (SSSR count). The first-order valence-corrected chi connectivity index (χ1v) is 5.14. The van der Waals surface area contributed by atoms with E-state index in [0.29, 0.717) is 11.1 Å². The molecule has 0 saturated carbocycles. The number of hydrogen-bond acceptors (Lipinski definition) is 1. The minimum absolute atomic E-state index is 0.114. The number of aromatic hydroxyl groups is 1.